The van der Waals surface area contributed by atoms with E-state index in [1.807, 2.05) is 4.90 Å². The highest BCUT2D eigenvalue weighted by Gasteiger charge is 2.46. The molecule has 2 fully saturated rings. The number of carbonyl (C=O) groups is 1. The van der Waals surface area contributed by atoms with Gasteiger partial charge in [-0.05, 0) is 62.1 Å². The van der Waals surface area contributed by atoms with Gasteiger partial charge in [0.2, 0.25) is 0 Å². The molecule has 2 aliphatic heterocycles. The van der Waals surface area contributed by atoms with Gasteiger partial charge in [-0.25, -0.2) is 8.78 Å². The lowest BCUT2D eigenvalue weighted by Crippen LogP contribution is -2.50. The molecule has 1 aromatic heterocycles. The van der Waals surface area contributed by atoms with Crippen LogP contribution in [0.4, 0.5) is 8.78 Å². The number of rotatable bonds is 5. The fraction of sp³-hybridized carbons (Fsp3) is 0.348. The van der Waals surface area contributed by atoms with Crippen LogP contribution in [0, 0.1) is 17.6 Å². The van der Waals surface area contributed by atoms with Crippen molar-refractivity contribution in [3.05, 3.63) is 72.1 Å². The Labute approximate surface area is 178 Å². The van der Waals surface area contributed by atoms with Crippen molar-refractivity contribution in [1.82, 2.24) is 19.9 Å². The Morgan fingerprint density at radius 1 is 1.00 bits per heavy atom. The number of benzene rings is 2. The van der Waals surface area contributed by atoms with E-state index in [0.29, 0.717) is 18.0 Å². The second-order valence-electron chi connectivity index (χ2n) is 8.07. The van der Waals surface area contributed by atoms with E-state index in [1.54, 1.807) is 24.3 Å². The minimum atomic E-state index is -0.580. The number of fused-ring (bicyclic) bond motifs is 2. The molecule has 0 spiro atoms. The number of carbonyl (C=O) groups excluding carboxylic acids is 1. The van der Waals surface area contributed by atoms with Gasteiger partial charge >= 0.3 is 0 Å². The number of hydrogen-bond acceptors (Lipinski definition) is 4. The van der Waals surface area contributed by atoms with Crippen LogP contribution in [0.5, 0.6) is 5.75 Å². The summed E-state index contributed by atoms with van der Waals surface area (Å²) in [5.41, 5.74) is 0.329. The fourth-order valence-electron chi connectivity index (χ4n) is 4.86. The van der Waals surface area contributed by atoms with Crippen LogP contribution in [0.1, 0.15) is 36.0 Å². The molecule has 3 heterocycles. The number of halogens is 2. The third-order valence-corrected chi connectivity index (χ3v) is 6.31. The summed E-state index contributed by atoms with van der Waals surface area (Å²) in [6, 6.07) is 10.5. The van der Waals surface area contributed by atoms with Gasteiger partial charge in [-0.2, -0.15) is 15.0 Å². The molecule has 5 rings (SSSR count). The molecule has 2 aromatic carbocycles. The monoisotopic (exact) mass is 424 g/mol. The van der Waals surface area contributed by atoms with Gasteiger partial charge in [-0.15, -0.1) is 0 Å². The van der Waals surface area contributed by atoms with Gasteiger partial charge in [0.15, 0.2) is 0 Å². The van der Waals surface area contributed by atoms with Crippen molar-refractivity contribution in [2.24, 2.45) is 5.92 Å². The van der Waals surface area contributed by atoms with Crippen molar-refractivity contribution in [2.75, 3.05) is 6.61 Å². The van der Waals surface area contributed by atoms with Gasteiger partial charge < -0.3 is 9.64 Å². The lowest BCUT2D eigenvalue weighted by Gasteiger charge is -2.40. The van der Waals surface area contributed by atoms with Gasteiger partial charge in [0.1, 0.15) is 28.6 Å². The largest absolute Gasteiger partial charge is 0.493 e. The minimum absolute atomic E-state index is 0.00398. The first-order chi connectivity index (χ1) is 15.1. The molecule has 2 aliphatic rings. The Morgan fingerprint density at radius 3 is 2.52 bits per heavy atom. The van der Waals surface area contributed by atoms with Crippen LogP contribution in [0.15, 0.2) is 54.9 Å². The smallest absolute Gasteiger partial charge is 0.259 e. The molecule has 31 heavy (non-hydrogen) atoms. The molecule has 160 valence electrons. The van der Waals surface area contributed by atoms with Gasteiger partial charge in [-0.1, -0.05) is 6.07 Å². The average molecular weight is 424 g/mol. The second kappa shape index (κ2) is 8.09. The summed E-state index contributed by atoms with van der Waals surface area (Å²) in [6.07, 6.45) is 6.53. The molecule has 2 saturated heterocycles. The van der Waals surface area contributed by atoms with Crippen LogP contribution in [0.2, 0.25) is 0 Å². The van der Waals surface area contributed by atoms with Crippen molar-refractivity contribution in [1.29, 1.82) is 0 Å². The van der Waals surface area contributed by atoms with Crippen LogP contribution in [-0.2, 0) is 0 Å². The molecule has 3 aromatic rings. The van der Waals surface area contributed by atoms with Crippen molar-refractivity contribution in [2.45, 2.75) is 37.8 Å². The summed E-state index contributed by atoms with van der Waals surface area (Å²) in [4.78, 5) is 16.7. The van der Waals surface area contributed by atoms with Crippen molar-refractivity contribution in [3.8, 4) is 11.4 Å². The van der Waals surface area contributed by atoms with Crippen LogP contribution in [-0.4, -0.2) is 44.5 Å². The van der Waals surface area contributed by atoms with Gasteiger partial charge in [0.25, 0.3) is 5.91 Å². The van der Waals surface area contributed by atoms with E-state index < -0.39 is 5.82 Å². The number of piperidine rings is 1. The molecule has 6 nitrogen and oxygen atoms in total. The Hall–Kier alpha value is -3.29. The van der Waals surface area contributed by atoms with E-state index in [-0.39, 0.29) is 35.3 Å². The zero-order valence-electron chi connectivity index (χ0n) is 16.8. The van der Waals surface area contributed by atoms with E-state index in [0.717, 1.165) is 25.7 Å². The summed E-state index contributed by atoms with van der Waals surface area (Å²) >= 11 is 0. The number of aromatic nitrogens is 3. The molecule has 3 atom stereocenters. The van der Waals surface area contributed by atoms with Crippen LogP contribution >= 0.6 is 0 Å². The minimum Gasteiger partial charge on any atom is -0.493 e. The molecule has 0 saturated carbocycles. The van der Waals surface area contributed by atoms with Gasteiger partial charge in [0, 0.05) is 18.0 Å². The number of nitrogens with zero attached hydrogens (tertiary/aromatic N) is 4. The number of hydrogen-bond donors (Lipinski definition) is 0. The van der Waals surface area contributed by atoms with Crippen LogP contribution in [0.3, 0.4) is 0 Å². The first-order valence-electron chi connectivity index (χ1n) is 10.5. The van der Waals surface area contributed by atoms with Crippen LogP contribution in [0.25, 0.3) is 5.69 Å². The summed E-state index contributed by atoms with van der Waals surface area (Å²) < 4.78 is 33.9. The molecule has 8 heteroatoms. The van der Waals surface area contributed by atoms with E-state index in [1.165, 1.54) is 35.4 Å². The summed E-state index contributed by atoms with van der Waals surface area (Å²) in [6.45, 7) is 0.428. The molecule has 0 aliphatic carbocycles. The van der Waals surface area contributed by atoms with Crippen molar-refractivity contribution < 1.29 is 18.3 Å². The lowest BCUT2D eigenvalue weighted by molar-refractivity contribution is 0.0402. The Morgan fingerprint density at radius 2 is 1.74 bits per heavy atom. The van der Waals surface area contributed by atoms with E-state index in [4.69, 9.17) is 4.74 Å². The topological polar surface area (TPSA) is 60.2 Å². The molecule has 0 radical (unpaired) electrons. The number of ether oxygens (including phenoxy) is 1. The summed E-state index contributed by atoms with van der Waals surface area (Å²) in [5.74, 6) is -0.493. The Balaban J connectivity index is 1.39. The Bertz CT molecular complexity index is 1070. The van der Waals surface area contributed by atoms with Crippen molar-refractivity contribution in [3.63, 3.8) is 0 Å². The highest BCUT2D eigenvalue weighted by atomic mass is 19.1. The molecule has 1 unspecified atom stereocenters. The Kier molecular flexibility index (Phi) is 5.13. The third-order valence-electron chi connectivity index (χ3n) is 6.31. The predicted molar refractivity (Wildman–Crippen MR) is 109 cm³/mol. The highest BCUT2D eigenvalue weighted by Crippen LogP contribution is 2.41. The lowest BCUT2D eigenvalue weighted by atomic mass is 9.90. The maximum absolute atomic E-state index is 14.8. The molecule has 1 amide bonds. The van der Waals surface area contributed by atoms with Gasteiger partial charge in [-0.3, -0.25) is 4.79 Å². The molecular weight excluding hydrogens is 402 g/mol. The second-order valence-corrected chi connectivity index (χ2v) is 8.07. The summed E-state index contributed by atoms with van der Waals surface area (Å²) in [5, 5.41) is 8.15. The fourth-order valence-corrected chi connectivity index (χ4v) is 4.86. The first-order valence-corrected chi connectivity index (χ1v) is 10.5. The molecular formula is C23H22F2N4O2. The quantitative estimate of drug-likeness (QED) is 0.621. The molecule has 0 N–H and O–H groups in total. The summed E-state index contributed by atoms with van der Waals surface area (Å²) in [7, 11) is 0. The standard InChI is InChI=1S/C23H22F2N4O2/c24-16-5-9-18(10-6-16)31-14-15-4-7-17-8-11-20(15)28(17)23(30)22-19(25)2-1-3-21(22)29-26-12-13-27-29/h1-3,5-6,9-10,12-13,15,17,20H,4,7-8,11,14H2/t15-,17-,20?/m1/s1. The molecule has 2 bridgehead atoms. The highest BCUT2D eigenvalue weighted by molar-refractivity contribution is 5.98. The maximum Gasteiger partial charge on any atom is 0.259 e. The first kappa shape index (κ1) is 19.7. The van der Waals surface area contributed by atoms with E-state index in [9.17, 15) is 13.6 Å². The normalized spacial score (nSPS) is 22.5. The van der Waals surface area contributed by atoms with E-state index >= 15 is 0 Å². The predicted octanol–water partition coefficient (Wildman–Crippen LogP) is 4.01. The van der Waals surface area contributed by atoms with Gasteiger partial charge in [0.05, 0.1) is 19.0 Å². The third kappa shape index (κ3) is 3.66. The number of amides is 1. The SMILES string of the molecule is O=C(c1c(F)cccc1-n1nccn1)N1C2CC[C@H]1CC[C@@H]2COc1ccc(F)cc1. The zero-order valence-corrected chi connectivity index (χ0v) is 16.8. The zero-order chi connectivity index (χ0) is 21.4. The van der Waals surface area contributed by atoms with Crippen molar-refractivity contribution >= 4 is 5.91 Å². The average Bonchev–Trinajstić information content (AvgIpc) is 3.41. The van der Waals surface area contributed by atoms with Crippen LogP contribution < -0.4 is 4.74 Å². The maximum atomic E-state index is 14.8. The van der Waals surface area contributed by atoms with E-state index in [2.05, 4.69) is 10.2 Å².